The Balaban J connectivity index is 2.72. The lowest BCUT2D eigenvalue weighted by atomic mass is 9.98. The summed E-state index contributed by atoms with van der Waals surface area (Å²) in [6, 6.07) is 3.95. The number of halogens is 1. The summed E-state index contributed by atoms with van der Waals surface area (Å²) in [6.07, 6.45) is 0.802. The third-order valence-corrected chi connectivity index (χ3v) is 3.73. The Kier molecular flexibility index (Phi) is 4.55. The zero-order valence-corrected chi connectivity index (χ0v) is 10.8. The molecule has 1 aromatic rings. The van der Waals surface area contributed by atoms with Gasteiger partial charge < -0.3 is 4.74 Å². The third-order valence-electron chi connectivity index (χ3n) is 2.39. The Morgan fingerprint density at radius 2 is 2.27 bits per heavy atom. The van der Waals surface area contributed by atoms with Crippen LogP contribution in [0.1, 0.15) is 31.2 Å². The Hall–Kier alpha value is -0.130. The molecule has 0 fully saturated rings. The molecule has 86 valence electrons. The smallest absolute Gasteiger partial charge is 0.0931 e. The van der Waals surface area contributed by atoms with Gasteiger partial charge in [-0.2, -0.15) is 0 Å². The van der Waals surface area contributed by atoms with Gasteiger partial charge in [-0.05, 0) is 32.4 Å². The molecule has 0 aliphatic heterocycles. The highest BCUT2D eigenvalue weighted by Gasteiger charge is 2.24. The Morgan fingerprint density at radius 3 is 2.67 bits per heavy atom. The van der Waals surface area contributed by atoms with Crippen molar-refractivity contribution in [3.05, 3.63) is 21.3 Å². The summed E-state index contributed by atoms with van der Waals surface area (Å²) in [4.78, 5) is 1.13. The largest absolute Gasteiger partial charge is 0.379 e. The van der Waals surface area contributed by atoms with E-state index in [0.717, 1.165) is 15.6 Å². The van der Waals surface area contributed by atoms with E-state index in [-0.39, 0.29) is 11.6 Å². The highest BCUT2D eigenvalue weighted by atomic mass is 35.5. The second kappa shape index (κ2) is 5.27. The number of rotatable bonds is 5. The van der Waals surface area contributed by atoms with E-state index in [1.807, 2.05) is 26.0 Å². The van der Waals surface area contributed by atoms with Crippen LogP contribution in [-0.4, -0.2) is 12.7 Å². The lowest BCUT2D eigenvalue weighted by Crippen LogP contribution is -2.35. The third kappa shape index (κ3) is 3.74. The van der Waals surface area contributed by atoms with Crippen LogP contribution in [0.2, 0.25) is 4.34 Å². The minimum absolute atomic E-state index is 0.0810. The van der Waals surface area contributed by atoms with Crippen LogP contribution >= 0.6 is 22.9 Å². The number of hydrogen-bond donors (Lipinski definition) is 2. The summed E-state index contributed by atoms with van der Waals surface area (Å²) < 4.78 is 6.15. The van der Waals surface area contributed by atoms with Gasteiger partial charge in [-0.1, -0.05) is 11.6 Å². The average Bonchev–Trinajstić information content (AvgIpc) is 2.61. The Morgan fingerprint density at radius 1 is 1.60 bits per heavy atom. The van der Waals surface area contributed by atoms with Crippen LogP contribution in [0, 0.1) is 0 Å². The first-order chi connectivity index (χ1) is 6.98. The zero-order valence-electron chi connectivity index (χ0n) is 9.21. The summed E-state index contributed by atoms with van der Waals surface area (Å²) in [6.45, 7) is 4.07. The Bertz CT molecular complexity index is 314. The van der Waals surface area contributed by atoms with Gasteiger partial charge in [-0.25, -0.2) is 0 Å². The van der Waals surface area contributed by atoms with Crippen molar-refractivity contribution in [2.75, 3.05) is 7.11 Å². The molecule has 1 unspecified atom stereocenters. The molecular formula is C10H17ClN2OS. The summed E-state index contributed by atoms with van der Waals surface area (Å²) in [5.41, 5.74) is 2.59. The topological polar surface area (TPSA) is 47.3 Å². The van der Waals surface area contributed by atoms with Crippen molar-refractivity contribution >= 4 is 22.9 Å². The van der Waals surface area contributed by atoms with Crippen molar-refractivity contribution < 1.29 is 4.74 Å². The lowest BCUT2D eigenvalue weighted by molar-refractivity contribution is 0.00711. The van der Waals surface area contributed by atoms with Crippen LogP contribution < -0.4 is 11.3 Å². The van der Waals surface area contributed by atoms with E-state index in [1.165, 1.54) is 11.3 Å². The maximum atomic E-state index is 5.89. The molecule has 3 N–H and O–H groups in total. The summed E-state index contributed by atoms with van der Waals surface area (Å²) in [5, 5.41) is 0. The second-order valence-corrected chi connectivity index (χ2v) is 5.78. The quantitative estimate of drug-likeness (QED) is 0.622. The van der Waals surface area contributed by atoms with Crippen molar-refractivity contribution in [1.82, 2.24) is 5.43 Å². The molecule has 0 saturated carbocycles. The van der Waals surface area contributed by atoms with E-state index >= 15 is 0 Å². The molecule has 0 aromatic carbocycles. The molecule has 0 aliphatic carbocycles. The number of nitrogens with one attached hydrogen (secondary N) is 1. The predicted octanol–water partition coefficient (Wildman–Crippen LogP) is 2.72. The van der Waals surface area contributed by atoms with E-state index < -0.39 is 0 Å². The minimum atomic E-state index is -0.201. The molecule has 0 amide bonds. The van der Waals surface area contributed by atoms with Gasteiger partial charge in [0.05, 0.1) is 16.0 Å². The average molecular weight is 249 g/mol. The van der Waals surface area contributed by atoms with Crippen molar-refractivity contribution in [3.8, 4) is 0 Å². The van der Waals surface area contributed by atoms with Gasteiger partial charge >= 0.3 is 0 Å². The number of methoxy groups -OCH3 is 1. The number of hydrogen-bond acceptors (Lipinski definition) is 4. The number of ether oxygens (including phenoxy) is 1. The monoisotopic (exact) mass is 248 g/mol. The van der Waals surface area contributed by atoms with Crippen LogP contribution in [0.15, 0.2) is 12.1 Å². The first-order valence-electron chi connectivity index (χ1n) is 4.75. The van der Waals surface area contributed by atoms with Crippen LogP contribution in [0.5, 0.6) is 0 Å². The van der Waals surface area contributed by atoms with Gasteiger partial charge in [-0.3, -0.25) is 11.3 Å². The van der Waals surface area contributed by atoms with E-state index in [1.54, 1.807) is 7.11 Å². The molecule has 1 heterocycles. The normalized spacial score (nSPS) is 14.2. The molecule has 0 saturated heterocycles. The molecule has 0 radical (unpaired) electrons. The predicted molar refractivity (Wildman–Crippen MR) is 65.1 cm³/mol. The minimum Gasteiger partial charge on any atom is -0.379 e. The van der Waals surface area contributed by atoms with Crippen molar-refractivity contribution in [2.24, 2.45) is 5.84 Å². The van der Waals surface area contributed by atoms with Gasteiger partial charge in [0.15, 0.2) is 0 Å². The van der Waals surface area contributed by atoms with Crippen LogP contribution in [0.4, 0.5) is 0 Å². The van der Waals surface area contributed by atoms with E-state index in [9.17, 15) is 0 Å². The van der Waals surface area contributed by atoms with Crippen LogP contribution in [-0.2, 0) is 4.74 Å². The summed E-state index contributed by atoms with van der Waals surface area (Å²) in [7, 11) is 1.70. The fourth-order valence-corrected chi connectivity index (χ4v) is 2.45. The van der Waals surface area contributed by atoms with Gasteiger partial charge in [0.1, 0.15) is 0 Å². The molecule has 1 atom stereocenters. The maximum Gasteiger partial charge on any atom is 0.0931 e. The first kappa shape index (κ1) is 12.9. The van der Waals surface area contributed by atoms with Crippen LogP contribution in [0.25, 0.3) is 0 Å². The van der Waals surface area contributed by atoms with Crippen molar-refractivity contribution in [2.45, 2.75) is 31.9 Å². The van der Waals surface area contributed by atoms with Crippen molar-refractivity contribution in [1.29, 1.82) is 0 Å². The summed E-state index contributed by atoms with van der Waals surface area (Å²) >= 11 is 7.42. The van der Waals surface area contributed by atoms with E-state index in [2.05, 4.69) is 5.43 Å². The van der Waals surface area contributed by atoms with Gasteiger partial charge in [0, 0.05) is 12.0 Å². The maximum absolute atomic E-state index is 5.89. The standard InChI is InChI=1S/C10H17ClN2OS/c1-10(2,14-3)6-7(13-12)8-4-5-9(11)15-8/h4-5,7,13H,6,12H2,1-3H3. The highest BCUT2D eigenvalue weighted by Crippen LogP contribution is 2.31. The number of nitrogens with two attached hydrogens (primary N) is 1. The van der Waals surface area contributed by atoms with Gasteiger partial charge in [0.25, 0.3) is 0 Å². The second-order valence-electron chi connectivity index (χ2n) is 4.03. The molecule has 5 heteroatoms. The zero-order chi connectivity index (χ0) is 11.5. The molecule has 3 nitrogen and oxygen atoms in total. The van der Waals surface area contributed by atoms with Gasteiger partial charge in [0.2, 0.25) is 0 Å². The lowest BCUT2D eigenvalue weighted by Gasteiger charge is -2.27. The Labute approximate surface area is 99.5 Å². The fourth-order valence-electron chi connectivity index (χ4n) is 1.33. The first-order valence-corrected chi connectivity index (χ1v) is 5.94. The number of thiophene rings is 1. The van der Waals surface area contributed by atoms with E-state index in [0.29, 0.717) is 0 Å². The molecule has 1 aromatic heterocycles. The fraction of sp³-hybridized carbons (Fsp3) is 0.600. The molecule has 0 aliphatic rings. The highest BCUT2D eigenvalue weighted by molar-refractivity contribution is 7.16. The molecular weight excluding hydrogens is 232 g/mol. The van der Waals surface area contributed by atoms with E-state index in [4.69, 9.17) is 22.2 Å². The van der Waals surface area contributed by atoms with Crippen molar-refractivity contribution in [3.63, 3.8) is 0 Å². The SMILES string of the molecule is COC(C)(C)CC(NN)c1ccc(Cl)s1. The molecule has 0 bridgehead atoms. The molecule has 1 rings (SSSR count). The number of hydrazine groups is 1. The molecule has 15 heavy (non-hydrogen) atoms. The summed E-state index contributed by atoms with van der Waals surface area (Å²) in [5.74, 6) is 5.53. The molecule has 0 spiro atoms. The van der Waals surface area contributed by atoms with Gasteiger partial charge in [-0.15, -0.1) is 11.3 Å². The van der Waals surface area contributed by atoms with Crippen LogP contribution in [0.3, 0.4) is 0 Å².